The number of thioether (sulfide) groups is 2. The van der Waals surface area contributed by atoms with Gasteiger partial charge >= 0.3 is 0 Å². The molecule has 5 nitrogen and oxygen atoms in total. The number of carbonyl (C=O) groups excluding carboxylic acids is 1. The Hall–Kier alpha value is -1.19. The molecular weight excluding hydrogens is 431 g/mol. The fraction of sp³-hybridized carbons (Fsp3) is 0.188. The second kappa shape index (κ2) is 8.67. The van der Waals surface area contributed by atoms with E-state index in [1.54, 1.807) is 35.3 Å². The normalized spacial score (nSPS) is 10.9. The zero-order valence-corrected chi connectivity index (χ0v) is 17.8. The topological polar surface area (TPSA) is 59.8 Å². The van der Waals surface area contributed by atoms with Crippen LogP contribution in [0.5, 0.6) is 0 Å². The molecule has 0 aliphatic heterocycles. The molecule has 3 aromatic rings. The van der Waals surface area contributed by atoms with Crippen molar-refractivity contribution in [2.75, 3.05) is 17.8 Å². The number of rotatable bonds is 6. The highest BCUT2D eigenvalue weighted by Gasteiger charge is 2.20. The molecule has 0 aliphatic carbocycles. The first-order chi connectivity index (χ1) is 12.5. The quantitative estimate of drug-likeness (QED) is 0.516. The minimum absolute atomic E-state index is 0.192. The van der Waals surface area contributed by atoms with Gasteiger partial charge in [0.25, 0.3) is 5.91 Å². The first-order valence-corrected chi connectivity index (χ1v) is 11.4. The smallest absolute Gasteiger partial charge is 0.260 e. The molecule has 2 aromatic heterocycles. The maximum atomic E-state index is 12.7. The van der Waals surface area contributed by atoms with Gasteiger partial charge in [-0.2, -0.15) is 9.47 Å². The summed E-state index contributed by atoms with van der Waals surface area (Å²) in [7, 11) is 0. The Morgan fingerprint density at radius 1 is 1.27 bits per heavy atom. The molecule has 0 radical (unpaired) electrons. The second-order valence-corrected chi connectivity index (χ2v) is 8.60. The van der Waals surface area contributed by atoms with Crippen LogP contribution in [0.15, 0.2) is 39.8 Å². The van der Waals surface area contributed by atoms with Crippen molar-refractivity contribution in [2.24, 2.45) is 0 Å². The molecule has 0 bridgehead atoms. The van der Waals surface area contributed by atoms with Gasteiger partial charge in [-0.25, -0.2) is 0 Å². The van der Waals surface area contributed by atoms with E-state index in [2.05, 4.69) is 14.8 Å². The summed E-state index contributed by atoms with van der Waals surface area (Å²) in [6.45, 7) is 0.417. The summed E-state index contributed by atoms with van der Waals surface area (Å²) < 4.78 is 6.89. The van der Waals surface area contributed by atoms with E-state index in [0.29, 0.717) is 27.8 Å². The van der Waals surface area contributed by atoms with Gasteiger partial charge < -0.3 is 5.32 Å². The summed E-state index contributed by atoms with van der Waals surface area (Å²) in [5.41, 5.74) is 1.99. The van der Waals surface area contributed by atoms with Gasteiger partial charge in [-0.1, -0.05) is 29.3 Å². The fourth-order valence-corrected chi connectivity index (χ4v) is 5.08. The molecule has 0 aliphatic rings. The Kier molecular flexibility index (Phi) is 6.52. The van der Waals surface area contributed by atoms with Crippen molar-refractivity contribution < 1.29 is 4.79 Å². The van der Waals surface area contributed by atoms with Crippen LogP contribution < -0.4 is 5.32 Å². The number of halogens is 2. The van der Waals surface area contributed by atoms with Crippen molar-refractivity contribution >= 4 is 69.9 Å². The third kappa shape index (κ3) is 4.20. The Morgan fingerprint density at radius 3 is 2.65 bits per heavy atom. The molecule has 1 amide bonds. The van der Waals surface area contributed by atoms with Crippen molar-refractivity contribution in [1.29, 1.82) is 0 Å². The monoisotopic (exact) mass is 444 g/mol. The molecular formula is C16H14Cl2N4OS3. The van der Waals surface area contributed by atoms with E-state index in [1.807, 2.05) is 12.5 Å². The molecule has 0 saturated heterocycles. The van der Waals surface area contributed by atoms with Crippen LogP contribution in [0.25, 0.3) is 0 Å². The van der Waals surface area contributed by atoms with Gasteiger partial charge in [0.05, 0.1) is 28.2 Å². The Balaban J connectivity index is 1.77. The zero-order chi connectivity index (χ0) is 18.7. The van der Waals surface area contributed by atoms with E-state index in [9.17, 15) is 4.79 Å². The third-order valence-electron chi connectivity index (χ3n) is 3.51. The van der Waals surface area contributed by atoms with Gasteiger partial charge in [-0.15, -0.1) is 23.5 Å². The van der Waals surface area contributed by atoms with Crippen molar-refractivity contribution in [3.63, 3.8) is 0 Å². The molecule has 0 unspecified atom stereocenters. The second-order valence-electron chi connectivity index (χ2n) is 5.14. The number of hydrogen-bond acceptors (Lipinski definition) is 6. The predicted molar refractivity (Wildman–Crippen MR) is 111 cm³/mol. The third-order valence-corrected chi connectivity index (χ3v) is 6.96. The number of nitrogens with one attached hydrogen (secondary N) is 1. The average Bonchev–Trinajstić information content (AvgIpc) is 3.24. The molecule has 0 atom stereocenters. The molecule has 0 spiro atoms. The van der Waals surface area contributed by atoms with Crippen LogP contribution in [0, 0.1) is 0 Å². The lowest BCUT2D eigenvalue weighted by Gasteiger charge is -2.07. The lowest BCUT2D eigenvalue weighted by atomic mass is 10.2. The van der Waals surface area contributed by atoms with Crippen LogP contribution in [-0.4, -0.2) is 32.6 Å². The van der Waals surface area contributed by atoms with Crippen LogP contribution in [0.3, 0.4) is 0 Å². The van der Waals surface area contributed by atoms with Crippen LogP contribution in [0.2, 0.25) is 10.0 Å². The van der Waals surface area contributed by atoms with E-state index < -0.39 is 0 Å². The van der Waals surface area contributed by atoms with Crippen LogP contribution in [-0.2, 0) is 6.54 Å². The van der Waals surface area contributed by atoms with Crippen molar-refractivity contribution in [2.45, 2.75) is 15.8 Å². The zero-order valence-electron chi connectivity index (χ0n) is 13.8. The van der Waals surface area contributed by atoms with E-state index >= 15 is 0 Å². The van der Waals surface area contributed by atoms with Gasteiger partial charge in [-0.3, -0.25) is 9.48 Å². The highest BCUT2D eigenvalue weighted by molar-refractivity contribution is 8.01. The maximum Gasteiger partial charge on any atom is 0.260 e. The first-order valence-electron chi connectivity index (χ1n) is 7.37. The highest BCUT2D eigenvalue weighted by atomic mass is 35.5. The summed E-state index contributed by atoms with van der Waals surface area (Å²) in [5, 5.41) is 9.05. The summed E-state index contributed by atoms with van der Waals surface area (Å²) in [6, 6.07) is 5.36. The predicted octanol–water partition coefficient (Wildman–Crippen LogP) is 5.39. The van der Waals surface area contributed by atoms with Crippen LogP contribution in [0.1, 0.15) is 15.9 Å². The van der Waals surface area contributed by atoms with Gasteiger partial charge in [0.1, 0.15) is 5.03 Å². The molecule has 26 heavy (non-hydrogen) atoms. The lowest BCUT2D eigenvalue weighted by Crippen LogP contribution is -2.12. The minimum atomic E-state index is -0.192. The van der Waals surface area contributed by atoms with Gasteiger partial charge in [0, 0.05) is 21.8 Å². The number of carbonyl (C=O) groups is 1. The molecule has 1 aromatic carbocycles. The molecule has 2 heterocycles. The van der Waals surface area contributed by atoms with E-state index in [-0.39, 0.29) is 5.91 Å². The minimum Gasteiger partial charge on any atom is -0.319 e. The summed E-state index contributed by atoms with van der Waals surface area (Å²) in [6.07, 6.45) is 7.18. The standard InChI is InChI=1S/C16H14Cl2N4OS3/c1-24-15-13(16(25-2)26-21-15)14(23)20-9-6-19-22(7-9)8-10-11(17)4-3-5-12(10)18/h3-7H,8H2,1-2H3,(H,20,23). The van der Waals surface area contributed by atoms with Crippen molar-refractivity contribution in [1.82, 2.24) is 14.2 Å². The lowest BCUT2D eigenvalue weighted by molar-refractivity contribution is 0.102. The van der Waals surface area contributed by atoms with Gasteiger partial charge in [0.15, 0.2) is 0 Å². The number of hydrogen-bond donors (Lipinski definition) is 1. The van der Waals surface area contributed by atoms with E-state index in [1.165, 1.54) is 35.1 Å². The Morgan fingerprint density at radius 2 is 2.00 bits per heavy atom. The molecule has 10 heteroatoms. The van der Waals surface area contributed by atoms with Crippen LogP contribution >= 0.6 is 58.3 Å². The molecule has 3 rings (SSSR count). The number of amides is 1. The van der Waals surface area contributed by atoms with E-state index in [4.69, 9.17) is 23.2 Å². The summed E-state index contributed by atoms with van der Waals surface area (Å²) >= 11 is 16.7. The molecule has 0 saturated carbocycles. The highest BCUT2D eigenvalue weighted by Crippen LogP contribution is 2.33. The Labute approximate surface area is 173 Å². The van der Waals surface area contributed by atoms with Gasteiger partial charge in [0.2, 0.25) is 0 Å². The summed E-state index contributed by atoms with van der Waals surface area (Å²) in [4.78, 5) is 12.7. The average molecular weight is 445 g/mol. The summed E-state index contributed by atoms with van der Waals surface area (Å²) in [5.74, 6) is -0.192. The number of nitrogens with zero attached hydrogens (tertiary/aromatic N) is 3. The number of aromatic nitrogens is 3. The number of benzene rings is 1. The molecule has 136 valence electrons. The van der Waals surface area contributed by atoms with Gasteiger partial charge in [-0.05, 0) is 36.2 Å². The SMILES string of the molecule is CSc1nsc(SC)c1C(=O)Nc1cnn(Cc2c(Cl)cccc2Cl)c1. The number of anilines is 1. The van der Waals surface area contributed by atoms with Crippen LogP contribution in [0.4, 0.5) is 5.69 Å². The van der Waals surface area contributed by atoms with Crippen molar-refractivity contribution in [3.8, 4) is 0 Å². The largest absolute Gasteiger partial charge is 0.319 e. The molecule has 1 N–H and O–H groups in total. The molecule has 0 fully saturated rings. The maximum absolute atomic E-state index is 12.7. The van der Waals surface area contributed by atoms with Crippen molar-refractivity contribution in [3.05, 3.63) is 51.8 Å². The Bertz CT molecular complexity index is 900. The first kappa shape index (κ1) is 19.6. The van der Waals surface area contributed by atoms with E-state index in [0.717, 1.165) is 14.8 Å². The fourth-order valence-electron chi connectivity index (χ4n) is 2.28.